The Morgan fingerprint density at radius 3 is 2.75 bits per heavy atom. The molecule has 1 aromatic rings. The first kappa shape index (κ1) is 15.5. The van der Waals surface area contributed by atoms with Crippen molar-refractivity contribution in [3.8, 4) is 0 Å². The lowest BCUT2D eigenvalue weighted by Gasteiger charge is -2.37. The molecule has 20 heavy (non-hydrogen) atoms. The number of carbonyl (C=O) groups excluding carboxylic acids is 1. The van der Waals surface area contributed by atoms with Gasteiger partial charge in [-0.25, -0.2) is 0 Å². The van der Waals surface area contributed by atoms with Crippen LogP contribution in [0.15, 0.2) is 28.7 Å². The first-order valence-corrected chi connectivity index (χ1v) is 8.10. The highest BCUT2D eigenvalue weighted by Gasteiger charge is 2.32. The summed E-state index contributed by atoms with van der Waals surface area (Å²) >= 11 is 3.50. The third kappa shape index (κ3) is 3.61. The summed E-state index contributed by atoms with van der Waals surface area (Å²) in [7, 11) is 0. The van der Waals surface area contributed by atoms with Gasteiger partial charge >= 0.3 is 0 Å². The van der Waals surface area contributed by atoms with Gasteiger partial charge in [-0.1, -0.05) is 41.9 Å². The zero-order valence-corrected chi connectivity index (χ0v) is 14.0. The van der Waals surface area contributed by atoms with Gasteiger partial charge in [0.25, 0.3) is 0 Å². The second-order valence-corrected chi connectivity index (χ2v) is 6.69. The predicted molar refractivity (Wildman–Crippen MR) is 85.6 cm³/mol. The van der Waals surface area contributed by atoms with E-state index >= 15 is 0 Å². The van der Waals surface area contributed by atoms with Crippen LogP contribution in [0, 0.1) is 0 Å². The fraction of sp³-hybridized carbons (Fsp3) is 0.562. The topological polar surface area (TPSA) is 32.3 Å². The second kappa shape index (κ2) is 6.72. The van der Waals surface area contributed by atoms with Crippen molar-refractivity contribution >= 4 is 21.8 Å². The highest BCUT2D eigenvalue weighted by atomic mass is 79.9. The summed E-state index contributed by atoms with van der Waals surface area (Å²) in [6.45, 7) is 7.13. The Kier molecular flexibility index (Phi) is 5.22. The number of nitrogens with one attached hydrogen (secondary N) is 1. The number of hydrogen-bond acceptors (Lipinski definition) is 2. The maximum Gasteiger partial charge on any atom is 0.240 e. The molecule has 4 heteroatoms. The molecule has 110 valence electrons. The lowest BCUT2D eigenvalue weighted by molar-refractivity contribution is -0.138. The number of amides is 1. The van der Waals surface area contributed by atoms with E-state index in [1.165, 1.54) is 5.56 Å². The van der Waals surface area contributed by atoms with Crippen molar-refractivity contribution in [2.24, 2.45) is 0 Å². The summed E-state index contributed by atoms with van der Waals surface area (Å²) in [5, 5.41) is 3.38. The molecule has 0 radical (unpaired) electrons. The Bertz CT molecular complexity index is 475. The zero-order valence-electron chi connectivity index (χ0n) is 12.4. The van der Waals surface area contributed by atoms with Gasteiger partial charge < -0.3 is 10.2 Å². The van der Waals surface area contributed by atoms with E-state index in [-0.39, 0.29) is 18.0 Å². The van der Waals surface area contributed by atoms with Gasteiger partial charge in [-0.05, 0) is 37.5 Å². The number of likely N-dealkylation sites (tertiary alicyclic amines) is 1. The van der Waals surface area contributed by atoms with E-state index < -0.39 is 0 Å². The first-order valence-electron chi connectivity index (χ1n) is 7.31. The number of halogens is 1. The molecule has 1 aromatic carbocycles. The molecular weight excluding hydrogens is 316 g/mol. The molecule has 1 aliphatic rings. The van der Waals surface area contributed by atoms with Crippen LogP contribution in [0.5, 0.6) is 0 Å². The molecule has 2 unspecified atom stereocenters. The molecule has 2 rings (SSSR count). The van der Waals surface area contributed by atoms with E-state index in [9.17, 15) is 4.79 Å². The van der Waals surface area contributed by atoms with E-state index in [2.05, 4.69) is 54.2 Å². The Morgan fingerprint density at radius 1 is 1.35 bits per heavy atom. The molecule has 1 aliphatic heterocycles. The third-order valence-electron chi connectivity index (χ3n) is 3.81. The fourth-order valence-corrected chi connectivity index (χ4v) is 3.20. The molecule has 0 spiro atoms. The Morgan fingerprint density at radius 2 is 2.10 bits per heavy atom. The molecule has 1 fully saturated rings. The molecule has 2 atom stereocenters. The summed E-state index contributed by atoms with van der Waals surface area (Å²) < 4.78 is 1.06. The number of piperidine rings is 1. The van der Waals surface area contributed by atoms with Crippen LogP contribution in [0.2, 0.25) is 0 Å². The highest BCUT2D eigenvalue weighted by molar-refractivity contribution is 9.10. The number of nitrogens with zero attached hydrogens (tertiary/aromatic N) is 1. The van der Waals surface area contributed by atoms with Crippen LogP contribution in [-0.4, -0.2) is 29.4 Å². The summed E-state index contributed by atoms with van der Waals surface area (Å²) in [5.74, 6) is 0.234. The van der Waals surface area contributed by atoms with E-state index in [1.807, 2.05) is 17.0 Å². The van der Waals surface area contributed by atoms with E-state index in [0.29, 0.717) is 6.04 Å². The molecule has 1 amide bonds. The van der Waals surface area contributed by atoms with Gasteiger partial charge in [0.05, 0.1) is 12.1 Å². The molecule has 0 aliphatic carbocycles. The normalized spacial score (nSPS) is 21.4. The van der Waals surface area contributed by atoms with Crippen molar-refractivity contribution in [3.05, 3.63) is 34.3 Å². The van der Waals surface area contributed by atoms with Crippen molar-refractivity contribution in [2.75, 3.05) is 6.54 Å². The molecular formula is C16H23BrN2O. The third-order valence-corrected chi connectivity index (χ3v) is 4.30. The molecule has 0 aromatic heterocycles. The maximum atomic E-state index is 12.6. The number of rotatable bonds is 4. The van der Waals surface area contributed by atoms with Crippen molar-refractivity contribution in [1.82, 2.24) is 10.2 Å². The molecule has 1 saturated heterocycles. The largest absolute Gasteiger partial charge is 0.335 e. The quantitative estimate of drug-likeness (QED) is 0.911. The molecule has 1 N–H and O–H groups in total. The van der Waals surface area contributed by atoms with E-state index in [4.69, 9.17) is 0 Å². The molecule has 3 nitrogen and oxygen atoms in total. The number of benzene rings is 1. The van der Waals surface area contributed by atoms with Gasteiger partial charge in [0.1, 0.15) is 0 Å². The SMILES string of the molecule is CC(C)NC1CCCN(C(C)c2cccc(Br)c2)C1=O. The summed E-state index contributed by atoms with van der Waals surface area (Å²) in [6, 6.07) is 8.64. The van der Waals surface area contributed by atoms with Gasteiger partial charge in [0.2, 0.25) is 5.91 Å². The minimum absolute atomic E-state index is 0.0293. The summed E-state index contributed by atoms with van der Waals surface area (Å²) in [4.78, 5) is 14.6. The smallest absolute Gasteiger partial charge is 0.240 e. The van der Waals surface area contributed by atoms with Crippen LogP contribution >= 0.6 is 15.9 Å². The Labute approximate surface area is 129 Å². The Hall–Kier alpha value is -0.870. The molecule has 0 saturated carbocycles. The first-order chi connectivity index (χ1) is 9.49. The van der Waals surface area contributed by atoms with Crippen LogP contribution in [0.4, 0.5) is 0 Å². The van der Waals surface area contributed by atoms with Crippen LogP contribution in [-0.2, 0) is 4.79 Å². The van der Waals surface area contributed by atoms with Crippen molar-refractivity contribution < 1.29 is 4.79 Å². The minimum atomic E-state index is -0.0293. The monoisotopic (exact) mass is 338 g/mol. The maximum absolute atomic E-state index is 12.6. The van der Waals surface area contributed by atoms with E-state index in [1.54, 1.807) is 0 Å². The van der Waals surface area contributed by atoms with Gasteiger partial charge in [0.15, 0.2) is 0 Å². The molecule has 1 heterocycles. The predicted octanol–water partition coefficient (Wildman–Crippen LogP) is 3.50. The standard InChI is InChI=1S/C16H23BrN2O/c1-11(2)18-15-8-5-9-19(16(15)20)12(3)13-6-4-7-14(17)10-13/h4,6-7,10-12,15,18H,5,8-9H2,1-3H3. The van der Waals surface area contributed by atoms with Gasteiger partial charge in [-0.3, -0.25) is 4.79 Å². The fourth-order valence-electron chi connectivity index (χ4n) is 2.79. The van der Waals surface area contributed by atoms with Crippen molar-refractivity contribution in [1.29, 1.82) is 0 Å². The zero-order chi connectivity index (χ0) is 14.7. The van der Waals surface area contributed by atoms with Crippen molar-refractivity contribution in [2.45, 2.75) is 51.7 Å². The number of hydrogen-bond donors (Lipinski definition) is 1. The van der Waals surface area contributed by atoms with Gasteiger partial charge in [-0.2, -0.15) is 0 Å². The average molecular weight is 339 g/mol. The average Bonchev–Trinajstić information content (AvgIpc) is 2.40. The number of carbonyl (C=O) groups is 1. The van der Waals surface area contributed by atoms with E-state index in [0.717, 1.165) is 23.9 Å². The van der Waals surface area contributed by atoms with Crippen LogP contribution in [0.25, 0.3) is 0 Å². The lowest BCUT2D eigenvalue weighted by atomic mass is 9.99. The van der Waals surface area contributed by atoms with Crippen LogP contribution < -0.4 is 5.32 Å². The van der Waals surface area contributed by atoms with Gasteiger partial charge in [-0.15, -0.1) is 0 Å². The minimum Gasteiger partial charge on any atom is -0.335 e. The van der Waals surface area contributed by atoms with Gasteiger partial charge in [0, 0.05) is 17.1 Å². The summed E-state index contributed by atoms with van der Waals surface area (Å²) in [5.41, 5.74) is 1.18. The lowest BCUT2D eigenvalue weighted by Crippen LogP contribution is -2.52. The highest BCUT2D eigenvalue weighted by Crippen LogP contribution is 2.27. The van der Waals surface area contributed by atoms with Crippen LogP contribution in [0.1, 0.15) is 45.2 Å². The molecule has 0 bridgehead atoms. The summed E-state index contributed by atoms with van der Waals surface area (Å²) in [6.07, 6.45) is 2.01. The Balaban J connectivity index is 2.12. The van der Waals surface area contributed by atoms with Crippen LogP contribution in [0.3, 0.4) is 0 Å². The van der Waals surface area contributed by atoms with Crippen molar-refractivity contribution in [3.63, 3.8) is 0 Å². The second-order valence-electron chi connectivity index (χ2n) is 5.78.